The fourth-order valence-electron chi connectivity index (χ4n) is 2.48. The van der Waals surface area contributed by atoms with Crippen molar-refractivity contribution in [1.82, 2.24) is 9.55 Å². The molecule has 0 saturated carbocycles. The quantitative estimate of drug-likeness (QED) is 0.776. The highest BCUT2D eigenvalue weighted by Crippen LogP contribution is 2.18. The van der Waals surface area contributed by atoms with Crippen LogP contribution in [-0.2, 0) is 18.4 Å². The highest BCUT2D eigenvalue weighted by Gasteiger charge is 2.11. The van der Waals surface area contributed by atoms with E-state index in [1.54, 1.807) is 32.4 Å². The number of nitrogens with zero attached hydrogens (tertiary/aromatic N) is 1. The molecule has 2 aromatic carbocycles. The van der Waals surface area contributed by atoms with Gasteiger partial charge in [-0.1, -0.05) is 18.2 Å². The van der Waals surface area contributed by atoms with Gasteiger partial charge in [-0.05, 0) is 24.3 Å². The maximum atomic E-state index is 12.5. The molecule has 0 aliphatic carbocycles. The van der Waals surface area contributed by atoms with Gasteiger partial charge < -0.3 is 15.0 Å². The van der Waals surface area contributed by atoms with Crippen LogP contribution in [0.5, 0.6) is 0 Å². The third-order valence-corrected chi connectivity index (χ3v) is 3.73. The van der Waals surface area contributed by atoms with Gasteiger partial charge in [-0.3, -0.25) is 9.36 Å². The Balaban J connectivity index is 1.92. The van der Waals surface area contributed by atoms with E-state index in [1.165, 1.54) is 4.57 Å². The highest BCUT2D eigenvalue weighted by atomic mass is 16.5. The minimum Gasteiger partial charge on any atom is -0.380 e. The number of methoxy groups -OCH3 is 1. The van der Waals surface area contributed by atoms with Crippen molar-refractivity contribution in [2.75, 3.05) is 12.4 Å². The van der Waals surface area contributed by atoms with Crippen LogP contribution in [0.25, 0.3) is 11.0 Å². The van der Waals surface area contributed by atoms with Gasteiger partial charge >= 0.3 is 5.69 Å². The molecule has 0 aliphatic heterocycles. The number of ether oxygens (including phenoxy) is 1. The second-order valence-electron chi connectivity index (χ2n) is 5.27. The summed E-state index contributed by atoms with van der Waals surface area (Å²) < 4.78 is 6.62. The molecule has 1 aromatic heterocycles. The van der Waals surface area contributed by atoms with Crippen LogP contribution in [-0.4, -0.2) is 22.6 Å². The fraction of sp³-hybridized carbons (Fsp3) is 0.176. The number of H-pyrrole nitrogens is 1. The second-order valence-corrected chi connectivity index (χ2v) is 5.27. The summed E-state index contributed by atoms with van der Waals surface area (Å²) in [6.07, 6.45) is 0. The summed E-state index contributed by atoms with van der Waals surface area (Å²) in [4.78, 5) is 26.8. The molecule has 1 amide bonds. The van der Waals surface area contributed by atoms with Gasteiger partial charge in [0.1, 0.15) is 0 Å². The lowest BCUT2D eigenvalue weighted by atomic mass is 10.1. The Bertz CT molecular complexity index is 924. The van der Waals surface area contributed by atoms with Crippen LogP contribution in [0.3, 0.4) is 0 Å². The number of hydrogen-bond acceptors (Lipinski definition) is 3. The van der Waals surface area contributed by atoms with Gasteiger partial charge in [-0.25, -0.2) is 4.79 Å². The van der Waals surface area contributed by atoms with Gasteiger partial charge in [-0.15, -0.1) is 0 Å². The Morgan fingerprint density at radius 2 is 2.04 bits per heavy atom. The number of aromatic amines is 1. The SMILES string of the molecule is COCc1ccccc1NC(=O)c1ccc2[nH]c(=O)n(C)c2c1. The number of carbonyl (C=O) groups is 1. The van der Waals surface area contributed by atoms with E-state index in [0.717, 1.165) is 5.56 Å². The topological polar surface area (TPSA) is 76.1 Å². The molecular weight excluding hydrogens is 294 g/mol. The maximum absolute atomic E-state index is 12.5. The Kier molecular flexibility index (Phi) is 3.99. The average molecular weight is 311 g/mol. The first-order valence-electron chi connectivity index (χ1n) is 7.17. The molecule has 0 radical (unpaired) electrons. The molecule has 3 rings (SSSR count). The van der Waals surface area contributed by atoms with E-state index in [0.29, 0.717) is 28.9 Å². The molecule has 0 fully saturated rings. The molecule has 0 aliphatic rings. The Morgan fingerprint density at radius 1 is 1.26 bits per heavy atom. The molecule has 0 unspecified atom stereocenters. The average Bonchev–Trinajstić information content (AvgIpc) is 2.84. The van der Waals surface area contributed by atoms with Crippen LogP contribution in [0, 0.1) is 0 Å². The number of imidazole rings is 1. The van der Waals surface area contributed by atoms with Gasteiger partial charge in [0.2, 0.25) is 0 Å². The van der Waals surface area contributed by atoms with Crippen LogP contribution in [0.1, 0.15) is 15.9 Å². The van der Waals surface area contributed by atoms with Crippen molar-refractivity contribution >= 4 is 22.6 Å². The predicted octanol–water partition coefficient (Wildman–Crippen LogP) is 2.27. The first-order valence-corrected chi connectivity index (χ1v) is 7.17. The summed E-state index contributed by atoms with van der Waals surface area (Å²) in [5, 5.41) is 2.89. The summed E-state index contributed by atoms with van der Waals surface area (Å²) in [5.74, 6) is -0.232. The molecule has 0 saturated heterocycles. The Labute approximate surface area is 132 Å². The van der Waals surface area contributed by atoms with E-state index in [1.807, 2.05) is 24.3 Å². The number of benzene rings is 2. The van der Waals surface area contributed by atoms with E-state index in [2.05, 4.69) is 10.3 Å². The van der Waals surface area contributed by atoms with Gasteiger partial charge in [0, 0.05) is 31.0 Å². The molecule has 6 heteroatoms. The summed E-state index contributed by atoms with van der Waals surface area (Å²) in [7, 11) is 3.27. The molecule has 3 aromatic rings. The molecule has 0 atom stereocenters. The van der Waals surface area contributed by atoms with Gasteiger partial charge in [-0.2, -0.15) is 0 Å². The minimum absolute atomic E-state index is 0.206. The molecule has 6 nitrogen and oxygen atoms in total. The van der Waals surface area contributed by atoms with Crippen molar-refractivity contribution in [3.05, 3.63) is 64.1 Å². The monoisotopic (exact) mass is 311 g/mol. The Morgan fingerprint density at radius 3 is 2.83 bits per heavy atom. The van der Waals surface area contributed by atoms with E-state index in [9.17, 15) is 9.59 Å². The van der Waals surface area contributed by atoms with E-state index in [-0.39, 0.29) is 11.6 Å². The standard InChI is InChI=1S/C17H17N3O3/c1-20-15-9-11(7-8-14(15)19-17(20)22)16(21)18-13-6-4-3-5-12(13)10-23-2/h3-9H,10H2,1-2H3,(H,18,21)(H,19,22). The first-order chi connectivity index (χ1) is 11.1. The molecule has 118 valence electrons. The summed E-state index contributed by atoms with van der Waals surface area (Å²) in [6, 6.07) is 12.6. The second kappa shape index (κ2) is 6.10. The minimum atomic E-state index is -0.232. The number of rotatable bonds is 4. The van der Waals surface area contributed by atoms with Crippen molar-refractivity contribution < 1.29 is 9.53 Å². The van der Waals surface area contributed by atoms with Crippen LogP contribution >= 0.6 is 0 Å². The van der Waals surface area contributed by atoms with Gasteiger partial charge in [0.15, 0.2) is 0 Å². The number of fused-ring (bicyclic) bond motifs is 1. The normalized spacial score (nSPS) is 10.9. The lowest BCUT2D eigenvalue weighted by Gasteiger charge is -2.10. The van der Waals surface area contributed by atoms with Crippen molar-refractivity contribution in [2.24, 2.45) is 7.05 Å². The van der Waals surface area contributed by atoms with Crippen molar-refractivity contribution in [2.45, 2.75) is 6.61 Å². The number of amides is 1. The van der Waals surface area contributed by atoms with Gasteiger partial charge in [0.05, 0.1) is 17.6 Å². The smallest absolute Gasteiger partial charge is 0.326 e. The molecule has 23 heavy (non-hydrogen) atoms. The number of carbonyl (C=O) groups excluding carboxylic acids is 1. The van der Waals surface area contributed by atoms with E-state index < -0.39 is 0 Å². The molecular formula is C17H17N3O3. The maximum Gasteiger partial charge on any atom is 0.326 e. The van der Waals surface area contributed by atoms with Crippen molar-refractivity contribution in [3.8, 4) is 0 Å². The van der Waals surface area contributed by atoms with Crippen LogP contribution in [0.4, 0.5) is 5.69 Å². The summed E-state index contributed by atoms with van der Waals surface area (Å²) in [5.41, 5.74) is 3.28. The van der Waals surface area contributed by atoms with E-state index >= 15 is 0 Å². The van der Waals surface area contributed by atoms with Crippen LogP contribution in [0.2, 0.25) is 0 Å². The third kappa shape index (κ3) is 2.89. The summed E-state index contributed by atoms with van der Waals surface area (Å²) >= 11 is 0. The van der Waals surface area contributed by atoms with Gasteiger partial charge in [0.25, 0.3) is 5.91 Å². The molecule has 1 heterocycles. The number of nitrogens with one attached hydrogen (secondary N) is 2. The lowest BCUT2D eigenvalue weighted by Crippen LogP contribution is -2.14. The third-order valence-electron chi connectivity index (χ3n) is 3.73. The van der Waals surface area contributed by atoms with E-state index in [4.69, 9.17) is 4.74 Å². The molecule has 0 spiro atoms. The lowest BCUT2D eigenvalue weighted by molar-refractivity contribution is 0.102. The zero-order valence-corrected chi connectivity index (χ0v) is 12.9. The number of aromatic nitrogens is 2. The Hall–Kier alpha value is -2.86. The number of para-hydroxylation sites is 1. The molecule has 0 bridgehead atoms. The molecule has 2 N–H and O–H groups in total. The number of aryl methyl sites for hydroxylation is 1. The number of anilines is 1. The zero-order valence-electron chi connectivity index (χ0n) is 12.9. The fourth-order valence-corrected chi connectivity index (χ4v) is 2.48. The first kappa shape index (κ1) is 15.1. The number of hydrogen-bond donors (Lipinski definition) is 2. The summed E-state index contributed by atoms with van der Waals surface area (Å²) in [6.45, 7) is 0.418. The largest absolute Gasteiger partial charge is 0.380 e. The predicted molar refractivity (Wildman–Crippen MR) is 88.6 cm³/mol. The highest BCUT2D eigenvalue weighted by molar-refractivity contribution is 6.06. The van der Waals surface area contributed by atoms with Crippen molar-refractivity contribution in [3.63, 3.8) is 0 Å². The zero-order chi connectivity index (χ0) is 16.4. The van der Waals surface area contributed by atoms with Crippen LogP contribution in [0.15, 0.2) is 47.3 Å². The van der Waals surface area contributed by atoms with Crippen LogP contribution < -0.4 is 11.0 Å². The van der Waals surface area contributed by atoms with Crippen molar-refractivity contribution in [1.29, 1.82) is 0 Å².